The summed E-state index contributed by atoms with van der Waals surface area (Å²) >= 11 is 3.43. The van der Waals surface area contributed by atoms with Crippen LogP contribution < -0.4 is 16.2 Å². The van der Waals surface area contributed by atoms with Crippen LogP contribution in [0.4, 0.5) is 5.69 Å². The second-order valence-electron chi connectivity index (χ2n) is 6.61. The van der Waals surface area contributed by atoms with Crippen LogP contribution >= 0.6 is 15.9 Å². The number of nitrogens with one attached hydrogen (secondary N) is 2. The minimum atomic E-state index is -0.0673. The van der Waals surface area contributed by atoms with E-state index in [-0.39, 0.29) is 11.6 Å². The van der Waals surface area contributed by atoms with Gasteiger partial charge in [0.1, 0.15) is 4.47 Å². The van der Waals surface area contributed by atoms with Crippen molar-refractivity contribution >= 4 is 21.6 Å². The van der Waals surface area contributed by atoms with Crippen molar-refractivity contribution in [1.29, 1.82) is 0 Å². The molecule has 2 heterocycles. The lowest BCUT2D eigenvalue weighted by Gasteiger charge is -2.48. The molecule has 1 aromatic rings. The Morgan fingerprint density at radius 3 is 2.90 bits per heavy atom. The number of halogens is 1. The molecule has 1 spiro atoms. The smallest absolute Gasteiger partial charge is 0.283 e. The van der Waals surface area contributed by atoms with Crippen LogP contribution in [0.25, 0.3) is 0 Å². The van der Waals surface area contributed by atoms with Crippen LogP contribution in [0.15, 0.2) is 15.5 Å². The summed E-state index contributed by atoms with van der Waals surface area (Å²) in [4.78, 5) is 12.3. The van der Waals surface area contributed by atoms with E-state index in [1.165, 1.54) is 23.9 Å². The number of rotatable bonds is 3. The van der Waals surface area contributed by atoms with Gasteiger partial charge in [0.05, 0.1) is 17.9 Å². The normalized spacial score (nSPS) is 24.1. The van der Waals surface area contributed by atoms with Crippen molar-refractivity contribution in [2.45, 2.75) is 63.6 Å². The molecule has 0 bridgehead atoms. The molecule has 1 atom stereocenters. The summed E-state index contributed by atoms with van der Waals surface area (Å²) < 4.78 is 2.10. The molecule has 21 heavy (non-hydrogen) atoms. The van der Waals surface area contributed by atoms with E-state index in [0.29, 0.717) is 16.1 Å². The number of piperidine rings is 1. The van der Waals surface area contributed by atoms with Gasteiger partial charge in [-0.15, -0.1) is 0 Å². The number of aromatic nitrogens is 2. The van der Waals surface area contributed by atoms with Crippen LogP contribution in [-0.2, 0) is 0 Å². The molecule has 1 saturated carbocycles. The first-order valence-electron chi connectivity index (χ1n) is 7.80. The van der Waals surface area contributed by atoms with Crippen LogP contribution in [-0.4, -0.2) is 27.9 Å². The Bertz CT molecular complexity index is 580. The number of hydrogen-bond donors (Lipinski definition) is 2. The Balaban J connectivity index is 1.76. The molecule has 0 amide bonds. The molecule has 2 aliphatic rings. The molecular weight excluding hydrogens is 332 g/mol. The van der Waals surface area contributed by atoms with E-state index in [2.05, 4.69) is 31.7 Å². The Morgan fingerprint density at radius 1 is 1.52 bits per heavy atom. The topological polar surface area (TPSA) is 59.0 Å². The van der Waals surface area contributed by atoms with E-state index in [0.717, 1.165) is 25.1 Å². The predicted octanol–water partition coefficient (Wildman–Crippen LogP) is 2.67. The number of anilines is 1. The van der Waals surface area contributed by atoms with E-state index in [4.69, 9.17) is 0 Å². The van der Waals surface area contributed by atoms with Gasteiger partial charge >= 0.3 is 0 Å². The van der Waals surface area contributed by atoms with Crippen molar-refractivity contribution in [3.8, 4) is 0 Å². The summed E-state index contributed by atoms with van der Waals surface area (Å²) in [5.74, 6) is 0. The highest BCUT2D eigenvalue weighted by Gasteiger charge is 2.40. The predicted molar refractivity (Wildman–Crippen MR) is 87.8 cm³/mol. The van der Waals surface area contributed by atoms with Gasteiger partial charge in [-0.2, -0.15) is 5.10 Å². The summed E-state index contributed by atoms with van der Waals surface area (Å²) in [6, 6.07) is 0.485. The van der Waals surface area contributed by atoms with Gasteiger partial charge in [0.2, 0.25) is 0 Å². The fourth-order valence-electron chi connectivity index (χ4n) is 3.40. The average Bonchev–Trinajstić information content (AvgIpc) is 2.42. The quantitative estimate of drug-likeness (QED) is 0.875. The molecule has 116 valence electrons. The molecule has 1 aliphatic heterocycles. The summed E-state index contributed by atoms with van der Waals surface area (Å²) in [6.07, 6.45) is 7.86. The molecule has 3 rings (SSSR count). The van der Waals surface area contributed by atoms with Gasteiger partial charge in [0.25, 0.3) is 5.56 Å². The molecule has 1 unspecified atom stereocenters. The van der Waals surface area contributed by atoms with E-state index >= 15 is 0 Å². The van der Waals surface area contributed by atoms with Gasteiger partial charge in [-0.05, 0) is 68.4 Å². The fraction of sp³-hybridized carbons (Fsp3) is 0.733. The monoisotopic (exact) mass is 354 g/mol. The highest BCUT2D eigenvalue weighted by atomic mass is 79.9. The van der Waals surface area contributed by atoms with Crippen LogP contribution in [0, 0.1) is 0 Å². The van der Waals surface area contributed by atoms with Crippen LogP contribution in [0.2, 0.25) is 0 Å². The molecule has 0 radical (unpaired) electrons. The molecule has 1 saturated heterocycles. The lowest BCUT2D eigenvalue weighted by molar-refractivity contribution is 0.135. The van der Waals surface area contributed by atoms with Gasteiger partial charge in [-0.3, -0.25) is 4.79 Å². The molecule has 5 nitrogen and oxygen atoms in total. The lowest BCUT2D eigenvalue weighted by atomic mass is 9.70. The zero-order valence-corrected chi connectivity index (χ0v) is 14.2. The molecular formula is C15H23BrN4O. The summed E-state index contributed by atoms with van der Waals surface area (Å²) in [5, 5.41) is 11.5. The van der Waals surface area contributed by atoms with Crippen molar-refractivity contribution < 1.29 is 0 Å². The van der Waals surface area contributed by atoms with E-state index in [1.807, 2.05) is 13.8 Å². The van der Waals surface area contributed by atoms with E-state index < -0.39 is 0 Å². The zero-order valence-electron chi connectivity index (χ0n) is 12.7. The second kappa shape index (κ2) is 5.72. The highest BCUT2D eigenvalue weighted by molar-refractivity contribution is 9.10. The molecule has 2 fully saturated rings. The van der Waals surface area contributed by atoms with Gasteiger partial charge in [0, 0.05) is 11.6 Å². The lowest BCUT2D eigenvalue weighted by Crippen LogP contribution is -2.58. The summed E-state index contributed by atoms with van der Waals surface area (Å²) in [7, 11) is 0. The first kappa shape index (κ1) is 15.0. The molecule has 1 aliphatic carbocycles. The van der Waals surface area contributed by atoms with Crippen molar-refractivity contribution in [2.75, 3.05) is 11.9 Å². The van der Waals surface area contributed by atoms with Crippen molar-refractivity contribution in [2.24, 2.45) is 0 Å². The van der Waals surface area contributed by atoms with Gasteiger partial charge in [0.15, 0.2) is 0 Å². The Kier molecular flexibility index (Phi) is 4.10. The summed E-state index contributed by atoms with van der Waals surface area (Å²) in [6.45, 7) is 4.97. The third-order valence-corrected chi connectivity index (χ3v) is 5.50. The van der Waals surface area contributed by atoms with Crippen molar-refractivity contribution in [3.05, 3.63) is 21.0 Å². The molecule has 0 aromatic carbocycles. The fourth-order valence-corrected chi connectivity index (χ4v) is 3.80. The van der Waals surface area contributed by atoms with Gasteiger partial charge in [-0.1, -0.05) is 0 Å². The van der Waals surface area contributed by atoms with Crippen LogP contribution in [0.1, 0.15) is 52.0 Å². The Morgan fingerprint density at radius 2 is 2.29 bits per heavy atom. The number of hydrogen-bond acceptors (Lipinski definition) is 4. The molecule has 1 aromatic heterocycles. The molecule has 2 N–H and O–H groups in total. The van der Waals surface area contributed by atoms with E-state index in [9.17, 15) is 4.79 Å². The third kappa shape index (κ3) is 2.88. The van der Waals surface area contributed by atoms with Crippen LogP contribution in [0.5, 0.6) is 0 Å². The number of nitrogens with zero attached hydrogens (tertiary/aromatic N) is 2. The summed E-state index contributed by atoms with van der Waals surface area (Å²) in [5.41, 5.74) is 1.10. The first-order valence-corrected chi connectivity index (χ1v) is 8.59. The average molecular weight is 355 g/mol. The van der Waals surface area contributed by atoms with E-state index in [1.54, 1.807) is 6.20 Å². The largest absolute Gasteiger partial charge is 0.380 e. The zero-order chi connectivity index (χ0) is 15.0. The van der Waals surface area contributed by atoms with Gasteiger partial charge in [-0.25, -0.2) is 4.68 Å². The first-order chi connectivity index (χ1) is 10.0. The maximum Gasteiger partial charge on any atom is 0.283 e. The van der Waals surface area contributed by atoms with Gasteiger partial charge < -0.3 is 10.6 Å². The standard InChI is InChI=1S/C15H23BrN4O/c1-10(2)20-14(21)13(16)12(9-18-20)19-11-4-7-17-15(8-11)5-3-6-15/h9-11,17,19H,3-8H2,1-2H3. The highest BCUT2D eigenvalue weighted by Crippen LogP contribution is 2.39. The Hall–Kier alpha value is -0.880. The van der Waals surface area contributed by atoms with Crippen molar-refractivity contribution in [3.63, 3.8) is 0 Å². The maximum absolute atomic E-state index is 12.3. The Labute approximate surface area is 133 Å². The minimum Gasteiger partial charge on any atom is -0.380 e. The minimum absolute atomic E-state index is 0.0673. The SMILES string of the molecule is CC(C)n1ncc(NC2CCNC3(CCC3)C2)c(Br)c1=O. The van der Waals surface area contributed by atoms with Crippen LogP contribution in [0.3, 0.4) is 0 Å². The maximum atomic E-state index is 12.3. The third-order valence-electron chi connectivity index (χ3n) is 4.73. The molecule has 6 heteroatoms. The van der Waals surface area contributed by atoms with Crippen molar-refractivity contribution in [1.82, 2.24) is 15.1 Å². The second-order valence-corrected chi connectivity index (χ2v) is 7.40.